The number of carbonyl (C=O) groups excluding carboxylic acids is 1. The molecule has 21 heavy (non-hydrogen) atoms. The minimum Gasteiger partial charge on any atom is -0.313 e. The Morgan fingerprint density at radius 2 is 1.86 bits per heavy atom. The van der Waals surface area contributed by atoms with Gasteiger partial charge in [0.1, 0.15) is 5.82 Å². The summed E-state index contributed by atoms with van der Waals surface area (Å²) in [6, 6.07) is 13.0. The standard InChI is InChI=1S/C16H18FN3O/c1-11(18-2)14-8-3-4-9-15(14)20-16(21)19-13-7-5-6-12(17)10-13/h3-11,18H,1-2H3,(H2,19,20,21). The molecule has 2 aromatic rings. The van der Waals surface area contributed by atoms with Crippen LogP contribution in [0, 0.1) is 5.82 Å². The maximum absolute atomic E-state index is 13.1. The molecule has 0 radical (unpaired) electrons. The van der Waals surface area contributed by atoms with Crippen molar-refractivity contribution in [3.8, 4) is 0 Å². The summed E-state index contributed by atoms with van der Waals surface area (Å²) in [6.07, 6.45) is 0. The van der Waals surface area contributed by atoms with Gasteiger partial charge in [-0.2, -0.15) is 0 Å². The van der Waals surface area contributed by atoms with Crippen molar-refractivity contribution in [3.05, 3.63) is 59.9 Å². The van der Waals surface area contributed by atoms with Crippen molar-refractivity contribution < 1.29 is 9.18 Å². The second-order valence-electron chi connectivity index (χ2n) is 4.69. The minimum atomic E-state index is -0.406. The summed E-state index contributed by atoms with van der Waals surface area (Å²) in [4.78, 5) is 12.0. The van der Waals surface area contributed by atoms with E-state index in [-0.39, 0.29) is 6.04 Å². The highest BCUT2D eigenvalue weighted by molar-refractivity contribution is 6.00. The lowest BCUT2D eigenvalue weighted by molar-refractivity contribution is 0.262. The van der Waals surface area contributed by atoms with Crippen molar-refractivity contribution in [1.29, 1.82) is 0 Å². The number of para-hydroxylation sites is 1. The molecule has 0 aliphatic carbocycles. The van der Waals surface area contributed by atoms with Crippen LogP contribution in [0.5, 0.6) is 0 Å². The Hall–Kier alpha value is -2.40. The Bertz CT molecular complexity index is 630. The molecular formula is C16H18FN3O. The topological polar surface area (TPSA) is 53.2 Å². The van der Waals surface area contributed by atoms with Gasteiger partial charge in [0.15, 0.2) is 0 Å². The van der Waals surface area contributed by atoms with E-state index in [0.29, 0.717) is 11.4 Å². The van der Waals surface area contributed by atoms with E-state index in [1.807, 2.05) is 38.2 Å². The van der Waals surface area contributed by atoms with Crippen LogP contribution in [0.1, 0.15) is 18.5 Å². The number of rotatable bonds is 4. The molecule has 0 heterocycles. The molecular weight excluding hydrogens is 269 g/mol. The van der Waals surface area contributed by atoms with Crippen molar-refractivity contribution >= 4 is 17.4 Å². The first-order valence-corrected chi connectivity index (χ1v) is 6.70. The highest BCUT2D eigenvalue weighted by atomic mass is 19.1. The quantitative estimate of drug-likeness (QED) is 0.802. The van der Waals surface area contributed by atoms with Crippen LogP contribution in [-0.2, 0) is 0 Å². The average molecular weight is 287 g/mol. The lowest BCUT2D eigenvalue weighted by atomic mass is 10.1. The smallest absolute Gasteiger partial charge is 0.313 e. The third kappa shape index (κ3) is 4.03. The van der Waals surface area contributed by atoms with Crippen LogP contribution in [0.2, 0.25) is 0 Å². The van der Waals surface area contributed by atoms with Gasteiger partial charge in [-0.15, -0.1) is 0 Å². The molecule has 2 amide bonds. The van der Waals surface area contributed by atoms with E-state index >= 15 is 0 Å². The first kappa shape index (κ1) is 15.0. The number of nitrogens with one attached hydrogen (secondary N) is 3. The monoisotopic (exact) mass is 287 g/mol. The molecule has 3 N–H and O–H groups in total. The van der Waals surface area contributed by atoms with Gasteiger partial charge in [0.25, 0.3) is 0 Å². The predicted molar refractivity (Wildman–Crippen MR) is 83.0 cm³/mol. The van der Waals surface area contributed by atoms with E-state index < -0.39 is 11.8 Å². The maximum atomic E-state index is 13.1. The molecule has 4 nitrogen and oxygen atoms in total. The number of halogens is 1. The van der Waals surface area contributed by atoms with Crippen LogP contribution in [0.25, 0.3) is 0 Å². The third-order valence-electron chi connectivity index (χ3n) is 3.19. The van der Waals surface area contributed by atoms with Gasteiger partial charge in [-0.25, -0.2) is 9.18 Å². The molecule has 110 valence electrons. The van der Waals surface area contributed by atoms with E-state index in [1.165, 1.54) is 12.1 Å². The van der Waals surface area contributed by atoms with Crippen molar-refractivity contribution in [2.75, 3.05) is 17.7 Å². The highest BCUT2D eigenvalue weighted by Gasteiger charge is 2.10. The fourth-order valence-electron chi connectivity index (χ4n) is 1.99. The van der Waals surface area contributed by atoms with E-state index in [9.17, 15) is 9.18 Å². The van der Waals surface area contributed by atoms with Crippen LogP contribution >= 0.6 is 0 Å². The Labute approximate surface area is 123 Å². The molecule has 0 aliphatic heterocycles. The second kappa shape index (κ2) is 6.85. The largest absolute Gasteiger partial charge is 0.323 e. The van der Waals surface area contributed by atoms with Crippen LogP contribution < -0.4 is 16.0 Å². The molecule has 2 rings (SSSR count). The number of hydrogen-bond acceptors (Lipinski definition) is 2. The van der Waals surface area contributed by atoms with Crippen LogP contribution in [0.3, 0.4) is 0 Å². The highest BCUT2D eigenvalue weighted by Crippen LogP contribution is 2.22. The summed E-state index contributed by atoms with van der Waals surface area (Å²) in [5.74, 6) is -0.392. The molecule has 1 atom stereocenters. The minimum absolute atomic E-state index is 0.107. The number of anilines is 2. The molecule has 0 saturated heterocycles. The summed E-state index contributed by atoms with van der Waals surface area (Å²) in [6.45, 7) is 2.00. The molecule has 0 fully saturated rings. The van der Waals surface area contributed by atoms with Gasteiger partial charge < -0.3 is 16.0 Å². The average Bonchev–Trinajstić information content (AvgIpc) is 2.47. The number of hydrogen-bond donors (Lipinski definition) is 3. The Morgan fingerprint density at radius 3 is 2.57 bits per heavy atom. The van der Waals surface area contributed by atoms with Crippen LogP contribution in [-0.4, -0.2) is 13.1 Å². The molecule has 0 bridgehead atoms. The fourth-order valence-corrected chi connectivity index (χ4v) is 1.99. The van der Waals surface area contributed by atoms with Gasteiger partial charge in [-0.3, -0.25) is 0 Å². The molecule has 0 saturated carbocycles. The number of urea groups is 1. The summed E-state index contributed by atoms with van der Waals surface area (Å²) in [7, 11) is 1.86. The summed E-state index contributed by atoms with van der Waals surface area (Å²) >= 11 is 0. The number of benzene rings is 2. The normalized spacial score (nSPS) is 11.8. The van der Waals surface area contributed by atoms with E-state index in [4.69, 9.17) is 0 Å². The molecule has 2 aromatic carbocycles. The zero-order chi connectivity index (χ0) is 15.2. The van der Waals surface area contributed by atoms with Crippen LogP contribution in [0.4, 0.5) is 20.6 Å². The van der Waals surface area contributed by atoms with E-state index in [2.05, 4.69) is 16.0 Å². The lowest BCUT2D eigenvalue weighted by Gasteiger charge is -2.16. The first-order valence-electron chi connectivity index (χ1n) is 6.70. The van der Waals surface area contributed by atoms with Gasteiger partial charge in [0.2, 0.25) is 0 Å². The molecule has 1 unspecified atom stereocenters. The van der Waals surface area contributed by atoms with Gasteiger partial charge in [0, 0.05) is 17.4 Å². The van der Waals surface area contributed by atoms with Gasteiger partial charge >= 0.3 is 6.03 Å². The van der Waals surface area contributed by atoms with Crippen molar-refractivity contribution in [2.45, 2.75) is 13.0 Å². The Kier molecular flexibility index (Phi) is 4.90. The van der Waals surface area contributed by atoms with Crippen molar-refractivity contribution in [3.63, 3.8) is 0 Å². The summed E-state index contributed by atoms with van der Waals surface area (Å²) in [5, 5.41) is 8.52. The van der Waals surface area contributed by atoms with Crippen molar-refractivity contribution in [2.24, 2.45) is 0 Å². The number of amides is 2. The van der Waals surface area contributed by atoms with Gasteiger partial charge in [0.05, 0.1) is 0 Å². The fraction of sp³-hybridized carbons (Fsp3) is 0.188. The van der Waals surface area contributed by atoms with Gasteiger partial charge in [-0.05, 0) is 43.8 Å². The van der Waals surface area contributed by atoms with Gasteiger partial charge in [-0.1, -0.05) is 24.3 Å². The molecule has 0 aliphatic rings. The second-order valence-corrected chi connectivity index (χ2v) is 4.69. The lowest BCUT2D eigenvalue weighted by Crippen LogP contribution is -2.22. The summed E-state index contributed by atoms with van der Waals surface area (Å²) < 4.78 is 13.1. The predicted octanol–water partition coefficient (Wildman–Crippen LogP) is 3.75. The Balaban J connectivity index is 2.09. The third-order valence-corrected chi connectivity index (χ3v) is 3.19. The zero-order valence-electron chi connectivity index (χ0n) is 12.0. The SMILES string of the molecule is CNC(C)c1ccccc1NC(=O)Nc1cccc(F)c1. The van der Waals surface area contributed by atoms with E-state index in [1.54, 1.807) is 12.1 Å². The molecule has 0 spiro atoms. The number of carbonyl (C=O) groups is 1. The van der Waals surface area contributed by atoms with Crippen LogP contribution in [0.15, 0.2) is 48.5 Å². The molecule has 0 aromatic heterocycles. The zero-order valence-corrected chi connectivity index (χ0v) is 12.0. The molecule has 5 heteroatoms. The Morgan fingerprint density at radius 1 is 1.10 bits per heavy atom. The van der Waals surface area contributed by atoms with Crippen molar-refractivity contribution in [1.82, 2.24) is 5.32 Å². The maximum Gasteiger partial charge on any atom is 0.323 e. The first-order chi connectivity index (χ1) is 10.1. The van der Waals surface area contributed by atoms with E-state index in [0.717, 1.165) is 5.56 Å². The summed E-state index contributed by atoms with van der Waals surface area (Å²) in [5.41, 5.74) is 2.11.